The predicted octanol–water partition coefficient (Wildman–Crippen LogP) is 5.76. The molecule has 4 rings (SSSR count). The molecule has 1 unspecified atom stereocenters. The van der Waals surface area contributed by atoms with E-state index in [-0.39, 0.29) is 17.9 Å². The van der Waals surface area contributed by atoms with Crippen molar-refractivity contribution in [3.63, 3.8) is 0 Å². The predicted molar refractivity (Wildman–Crippen MR) is 122 cm³/mol. The summed E-state index contributed by atoms with van der Waals surface area (Å²) in [5, 5.41) is 5.98. The highest BCUT2D eigenvalue weighted by Gasteiger charge is 2.19. The smallest absolute Gasteiger partial charge is 0.265 e. The zero-order valence-electron chi connectivity index (χ0n) is 17.1. The number of carbonyl (C=O) groups excluding carboxylic acids is 2. The fourth-order valence-electron chi connectivity index (χ4n) is 3.85. The summed E-state index contributed by atoms with van der Waals surface area (Å²) in [6, 6.07) is 18.9. The van der Waals surface area contributed by atoms with E-state index >= 15 is 0 Å². The zero-order chi connectivity index (χ0) is 20.9. The molecule has 5 heteroatoms. The Kier molecular flexibility index (Phi) is 6.29. The first-order valence-electron chi connectivity index (χ1n) is 10.5. The standard InChI is InChI=1S/C25H26N2O2S/c1-17(18-10-4-2-5-11-18)26-24(28)20-13-8-9-14-21(20)27-25(29)23-16-19-12-6-3-7-15-22(19)30-23/h2,4-5,8-11,13-14,16-17H,3,6-7,12,15H2,1H3,(H,26,28)(H,27,29). The zero-order valence-corrected chi connectivity index (χ0v) is 17.9. The molecular weight excluding hydrogens is 392 g/mol. The minimum atomic E-state index is -0.204. The van der Waals surface area contributed by atoms with Crippen LogP contribution in [0, 0.1) is 0 Å². The van der Waals surface area contributed by atoms with Crippen molar-refractivity contribution in [2.45, 2.75) is 45.1 Å². The van der Waals surface area contributed by atoms with Crippen LogP contribution in [0.15, 0.2) is 60.7 Å². The third kappa shape index (κ3) is 4.62. The highest BCUT2D eigenvalue weighted by atomic mass is 32.1. The molecule has 2 aromatic carbocycles. The molecule has 0 saturated carbocycles. The Morgan fingerprint density at radius 3 is 2.47 bits per heavy atom. The van der Waals surface area contributed by atoms with E-state index in [4.69, 9.17) is 0 Å². The second kappa shape index (κ2) is 9.26. The summed E-state index contributed by atoms with van der Waals surface area (Å²) in [7, 11) is 0. The molecule has 0 bridgehead atoms. The van der Waals surface area contributed by atoms with Gasteiger partial charge in [-0.25, -0.2) is 0 Å². The van der Waals surface area contributed by atoms with Gasteiger partial charge in [-0.1, -0.05) is 48.9 Å². The number of rotatable bonds is 5. The van der Waals surface area contributed by atoms with Gasteiger partial charge in [0.25, 0.3) is 11.8 Å². The number of benzene rings is 2. The van der Waals surface area contributed by atoms with E-state index < -0.39 is 0 Å². The molecule has 0 saturated heterocycles. The first-order chi connectivity index (χ1) is 14.6. The quantitative estimate of drug-likeness (QED) is 0.518. The van der Waals surface area contributed by atoms with Gasteiger partial charge in [0, 0.05) is 4.88 Å². The van der Waals surface area contributed by atoms with Gasteiger partial charge in [-0.3, -0.25) is 9.59 Å². The van der Waals surface area contributed by atoms with Crippen LogP contribution in [0.2, 0.25) is 0 Å². The average Bonchev–Trinajstić information content (AvgIpc) is 3.05. The number of carbonyl (C=O) groups is 2. The van der Waals surface area contributed by atoms with Crippen molar-refractivity contribution in [3.8, 4) is 0 Å². The molecule has 3 aromatic rings. The normalized spacial score (nSPS) is 14.3. The Bertz CT molecular complexity index is 1020. The monoisotopic (exact) mass is 418 g/mol. The van der Waals surface area contributed by atoms with Gasteiger partial charge in [0.05, 0.1) is 22.2 Å². The van der Waals surface area contributed by atoms with E-state index in [0.29, 0.717) is 11.3 Å². The number of fused-ring (bicyclic) bond motifs is 1. The molecular formula is C25H26N2O2S. The van der Waals surface area contributed by atoms with Crippen molar-refractivity contribution >= 4 is 28.8 Å². The molecule has 0 spiro atoms. The van der Waals surface area contributed by atoms with Crippen LogP contribution in [0.4, 0.5) is 5.69 Å². The van der Waals surface area contributed by atoms with Crippen molar-refractivity contribution in [2.75, 3.05) is 5.32 Å². The van der Waals surface area contributed by atoms with Crippen LogP contribution in [-0.4, -0.2) is 11.8 Å². The average molecular weight is 419 g/mol. The SMILES string of the molecule is CC(NC(=O)c1ccccc1NC(=O)c1cc2c(s1)CCCCC2)c1ccccc1. The lowest BCUT2D eigenvalue weighted by Gasteiger charge is -2.16. The van der Waals surface area contributed by atoms with E-state index in [1.165, 1.54) is 29.7 Å². The fourth-order valence-corrected chi connectivity index (χ4v) is 5.00. The number of hydrogen-bond acceptors (Lipinski definition) is 3. The van der Waals surface area contributed by atoms with Gasteiger partial charge < -0.3 is 10.6 Å². The van der Waals surface area contributed by atoms with Crippen LogP contribution >= 0.6 is 11.3 Å². The van der Waals surface area contributed by atoms with Gasteiger partial charge in [0.2, 0.25) is 0 Å². The van der Waals surface area contributed by atoms with Crippen LogP contribution in [0.5, 0.6) is 0 Å². The molecule has 0 radical (unpaired) electrons. The van der Waals surface area contributed by atoms with Crippen molar-refractivity contribution in [3.05, 3.63) is 87.1 Å². The van der Waals surface area contributed by atoms with Crippen molar-refractivity contribution < 1.29 is 9.59 Å². The van der Waals surface area contributed by atoms with E-state index in [0.717, 1.165) is 23.3 Å². The molecule has 2 amide bonds. The lowest BCUT2D eigenvalue weighted by Crippen LogP contribution is -2.27. The second-order valence-corrected chi connectivity index (χ2v) is 8.86. The van der Waals surface area contributed by atoms with Gasteiger partial charge in [-0.05, 0) is 61.9 Å². The number of nitrogens with one attached hydrogen (secondary N) is 2. The van der Waals surface area contributed by atoms with Crippen molar-refractivity contribution in [1.82, 2.24) is 5.32 Å². The Hall–Kier alpha value is -2.92. The molecule has 1 aliphatic carbocycles. The minimum absolute atomic E-state index is 0.129. The van der Waals surface area contributed by atoms with E-state index in [9.17, 15) is 9.59 Å². The van der Waals surface area contributed by atoms with Crippen LogP contribution < -0.4 is 10.6 Å². The second-order valence-electron chi connectivity index (χ2n) is 7.73. The number of para-hydroxylation sites is 1. The molecule has 1 atom stereocenters. The Balaban J connectivity index is 1.49. The third-order valence-corrected chi connectivity index (χ3v) is 6.77. The topological polar surface area (TPSA) is 58.2 Å². The summed E-state index contributed by atoms with van der Waals surface area (Å²) < 4.78 is 0. The summed E-state index contributed by atoms with van der Waals surface area (Å²) in [4.78, 5) is 27.9. The number of amides is 2. The number of anilines is 1. The molecule has 0 aliphatic heterocycles. The highest BCUT2D eigenvalue weighted by Crippen LogP contribution is 2.30. The van der Waals surface area contributed by atoms with Gasteiger partial charge >= 0.3 is 0 Å². The summed E-state index contributed by atoms with van der Waals surface area (Å²) in [5.74, 6) is -0.353. The van der Waals surface area contributed by atoms with E-state index in [1.807, 2.05) is 55.5 Å². The fraction of sp³-hybridized carbons (Fsp3) is 0.280. The van der Waals surface area contributed by atoms with E-state index in [1.54, 1.807) is 23.5 Å². The highest BCUT2D eigenvalue weighted by molar-refractivity contribution is 7.14. The molecule has 2 N–H and O–H groups in total. The molecule has 154 valence electrons. The van der Waals surface area contributed by atoms with Crippen LogP contribution in [0.25, 0.3) is 0 Å². The van der Waals surface area contributed by atoms with E-state index in [2.05, 4.69) is 10.6 Å². The Labute approximate surface area is 181 Å². The summed E-state index contributed by atoms with van der Waals surface area (Å²) in [6.45, 7) is 1.95. The maximum Gasteiger partial charge on any atom is 0.265 e. The third-order valence-electron chi connectivity index (χ3n) is 5.54. The molecule has 1 aromatic heterocycles. The van der Waals surface area contributed by atoms with Gasteiger partial charge in [-0.15, -0.1) is 11.3 Å². The lowest BCUT2D eigenvalue weighted by molar-refractivity contribution is 0.0941. The van der Waals surface area contributed by atoms with Crippen LogP contribution in [0.3, 0.4) is 0 Å². The molecule has 1 aliphatic rings. The number of hydrogen-bond donors (Lipinski definition) is 2. The number of aryl methyl sites for hydroxylation is 2. The van der Waals surface area contributed by atoms with Crippen molar-refractivity contribution in [1.29, 1.82) is 0 Å². The van der Waals surface area contributed by atoms with Gasteiger partial charge in [0.1, 0.15) is 0 Å². The molecule has 30 heavy (non-hydrogen) atoms. The summed E-state index contributed by atoms with van der Waals surface area (Å²) >= 11 is 1.59. The van der Waals surface area contributed by atoms with Gasteiger partial charge in [0.15, 0.2) is 0 Å². The summed E-state index contributed by atoms with van der Waals surface area (Å²) in [5.41, 5.74) is 3.34. The van der Waals surface area contributed by atoms with Crippen LogP contribution in [-0.2, 0) is 12.8 Å². The van der Waals surface area contributed by atoms with Crippen molar-refractivity contribution in [2.24, 2.45) is 0 Å². The van der Waals surface area contributed by atoms with Gasteiger partial charge in [-0.2, -0.15) is 0 Å². The largest absolute Gasteiger partial charge is 0.345 e. The first-order valence-corrected chi connectivity index (χ1v) is 11.3. The summed E-state index contributed by atoms with van der Waals surface area (Å²) in [6.07, 6.45) is 5.75. The Morgan fingerprint density at radius 2 is 1.63 bits per heavy atom. The maximum atomic E-state index is 12.9. The maximum absolute atomic E-state index is 12.9. The lowest BCUT2D eigenvalue weighted by atomic mass is 10.1. The first kappa shape index (κ1) is 20.4. The van der Waals surface area contributed by atoms with Crippen LogP contribution in [0.1, 0.15) is 68.3 Å². The molecule has 4 nitrogen and oxygen atoms in total. The minimum Gasteiger partial charge on any atom is -0.345 e. The Morgan fingerprint density at radius 1 is 0.900 bits per heavy atom. The number of thiophene rings is 1. The molecule has 1 heterocycles. The molecule has 0 fully saturated rings.